The number of nitrogens with two attached hydrogens (primary N) is 1. The summed E-state index contributed by atoms with van der Waals surface area (Å²) in [6.45, 7) is 4.88. The highest BCUT2D eigenvalue weighted by Crippen LogP contribution is 2.13. The van der Waals surface area contributed by atoms with Gasteiger partial charge >= 0.3 is 0 Å². The van der Waals surface area contributed by atoms with Crippen molar-refractivity contribution in [1.29, 1.82) is 0 Å². The topological polar surface area (TPSA) is 50.9 Å². The van der Waals surface area contributed by atoms with Crippen molar-refractivity contribution < 1.29 is 0 Å². The SMILES string of the molecule is CCC(N)CNc1nc(C)cs1. The lowest BCUT2D eigenvalue weighted by atomic mass is 10.2. The second-order valence-electron chi connectivity index (χ2n) is 2.84. The highest BCUT2D eigenvalue weighted by atomic mass is 32.1. The van der Waals surface area contributed by atoms with Crippen LogP contribution in [0.3, 0.4) is 0 Å². The van der Waals surface area contributed by atoms with Gasteiger partial charge in [-0.2, -0.15) is 0 Å². The molecule has 0 saturated heterocycles. The van der Waals surface area contributed by atoms with Gasteiger partial charge in [-0.3, -0.25) is 0 Å². The first-order valence-corrected chi connectivity index (χ1v) is 5.02. The van der Waals surface area contributed by atoms with Crippen LogP contribution < -0.4 is 11.1 Å². The largest absolute Gasteiger partial charge is 0.360 e. The van der Waals surface area contributed by atoms with Gasteiger partial charge in [-0.15, -0.1) is 11.3 Å². The maximum Gasteiger partial charge on any atom is 0.182 e. The Kier molecular flexibility index (Phi) is 3.49. The summed E-state index contributed by atoms with van der Waals surface area (Å²) < 4.78 is 0. The van der Waals surface area contributed by atoms with Crippen LogP contribution in [0.5, 0.6) is 0 Å². The Labute approximate surface area is 77.0 Å². The third-order valence-electron chi connectivity index (χ3n) is 1.66. The highest BCUT2D eigenvalue weighted by molar-refractivity contribution is 7.13. The lowest BCUT2D eigenvalue weighted by Crippen LogP contribution is -2.27. The number of aromatic nitrogens is 1. The van der Waals surface area contributed by atoms with E-state index in [9.17, 15) is 0 Å². The average Bonchev–Trinajstić information content (AvgIpc) is 2.47. The minimum absolute atomic E-state index is 0.231. The average molecular weight is 185 g/mol. The van der Waals surface area contributed by atoms with Gasteiger partial charge in [-0.25, -0.2) is 4.98 Å². The predicted molar refractivity (Wildman–Crippen MR) is 53.6 cm³/mol. The Hall–Kier alpha value is -0.610. The van der Waals surface area contributed by atoms with Crippen molar-refractivity contribution in [2.75, 3.05) is 11.9 Å². The zero-order chi connectivity index (χ0) is 8.97. The normalized spacial score (nSPS) is 12.9. The summed E-state index contributed by atoms with van der Waals surface area (Å²) in [4.78, 5) is 4.27. The number of thiazole rings is 1. The van der Waals surface area contributed by atoms with Crippen LogP contribution in [0.1, 0.15) is 19.0 Å². The maximum atomic E-state index is 5.74. The minimum atomic E-state index is 0.231. The fourth-order valence-corrected chi connectivity index (χ4v) is 1.50. The van der Waals surface area contributed by atoms with Gasteiger partial charge < -0.3 is 11.1 Å². The molecule has 1 unspecified atom stereocenters. The van der Waals surface area contributed by atoms with Crippen LogP contribution in [0.4, 0.5) is 5.13 Å². The van der Waals surface area contributed by atoms with Crippen molar-refractivity contribution in [3.05, 3.63) is 11.1 Å². The fraction of sp³-hybridized carbons (Fsp3) is 0.625. The van der Waals surface area contributed by atoms with Gasteiger partial charge in [0, 0.05) is 18.0 Å². The van der Waals surface area contributed by atoms with E-state index in [0.29, 0.717) is 0 Å². The van der Waals surface area contributed by atoms with Crippen LogP contribution in [0, 0.1) is 6.92 Å². The molecule has 1 heterocycles. The first-order chi connectivity index (χ1) is 5.72. The second-order valence-corrected chi connectivity index (χ2v) is 3.70. The maximum absolute atomic E-state index is 5.74. The number of aryl methyl sites for hydroxylation is 1. The number of hydrogen-bond donors (Lipinski definition) is 2. The minimum Gasteiger partial charge on any atom is -0.360 e. The van der Waals surface area contributed by atoms with Gasteiger partial charge in [-0.1, -0.05) is 6.92 Å². The summed E-state index contributed by atoms with van der Waals surface area (Å²) in [6.07, 6.45) is 0.997. The zero-order valence-corrected chi connectivity index (χ0v) is 8.32. The summed E-state index contributed by atoms with van der Waals surface area (Å²) in [5, 5.41) is 6.20. The molecule has 4 heteroatoms. The Balaban J connectivity index is 2.33. The predicted octanol–water partition coefficient (Wildman–Crippen LogP) is 1.60. The van der Waals surface area contributed by atoms with E-state index in [1.807, 2.05) is 12.3 Å². The van der Waals surface area contributed by atoms with Crippen molar-refractivity contribution in [1.82, 2.24) is 4.98 Å². The van der Waals surface area contributed by atoms with Crippen LogP contribution in [0.15, 0.2) is 5.38 Å². The number of hydrogen-bond acceptors (Lipinski definition) is 4. The van der Waals surface area contributed by atoms with E-state index in [1.165, 1.54) is 0 Å². The molecule has 0 aromatic carbocycles. The number of rotatable bonds is 4. The molecule has 3 nitrogen and oxygen atoms in total. The first kappa shape index (κ1) is 9.48. The number of anilines is 1. The summed E-state index contributed by atoms with van der Waals surface area (Å²) in [6, 6.07) is 0.231. The van der Waals surface area contributed by atoms with Gasteiger partial charge in [0.05, 0.1) is 5.69 Å². The molecule has 0 saturated carbocycles. The summed E-state index contributed by atoms with van der Waals surface area (Å²) >= 11 is 1.62. The van der Waals surface area contributed by atoms with Crippen LogP contribution in [-0.4, -0.2) is 17.6 Å². The molecule has 0 aliphatic carbocycles. The van der Waals surface area contributed by atoms with E-state index in [1.54, 1.807) is 11.3 Å². The van der Waals surface area contributed by atoms with E-state index in [0.717, 1.165) is 23.8 Å². The molecule has 1 rings (SSSR count). The van der Waals surface area contributed by atoms with Gasteiger partial charge in [0.2, 0.25) is 0 Å². The van der Waals surface area contributed by atoms with Gasteiger partial charge in [0.1, 0.15) is 0 Å². The monoisotopic (exact) mass is 185 g/mol. The molecule has 0 aliphatic rings. The van der Waals surface area contributed by atoms with Crippen LogP contribution in [0.2, 0.25) is 0 Å². The molecule has 3 N–H and O–H groups in total. The fourth-order valence-electron chi connectivity index (χ4n) is 0.798. The van der Waals surface area contributed by atoms with Crippen LogP contribution in [-0.2, 0) is 0 Å². The van der Waals surface area contributed by atoms with E-state index in [2.05, 4.69) is 17.2 Å². The van der Waals surface area contributed by atoms with Crippen molar-refractivity contribution in [2.24, 2.45) is 5.73 Å². The third-order valence-corrected chi connectivity index (χ3v) is 2.58. The number of nitrogens with one attached hydrogen (secondary N) is 1. The van der Waals surface area contributed by atoms with E-state index in [-0.39, 0.29) is 6.04 Å². The standard InChI is InChI=1S/C8H15N3S/c1-3-7(9)4-10-8-11-6(2)5-12-8/h5,7H,3-4,9H2,1-2H3,(H,10,11). The highest BCUT2D eigenvalue weighted by Gasteiger charge is 2.00. The molecule has 68 valence electrons. The molecule has 0 aliphatic heterocycles. The van der Waals surface area contributed by atoms with Crippen molar-refractivity contribution >= 4 is 16.5 Å². The number of nitrogens with zero attached hydrogens (tertiary/aromatic N) is 1. The van der Waals surface area contributed by atoms with Gasteiger partial charge in [0.15, 0.2) is 5.13 Å². The molecule has 0 radical (unpaired) electrons. The van der Waals surface area contributed by atoms with Crippen molar-refractivity contribution in [3.8, 4) is 0 Å². The Morgan fingerprint density at radius 1 is 1.75 bits per heavy atom. The van der Waals surface area contributed by atoms with E-state index < -0.39 is 0 Å². The molecule has 0 bridgehead atoms. The smallest absolute Gasteiger partial charge is 0.182 e. The Morgan fingerprint density at radius 2 is 2.50 bits per heavy atom. The molecular weight excluding hydrogens is 170 g/mol. The molecule has 0 fully saturated rings. The summed E-state index contributed by atoms with van der Waals surface area (Å²) in [7, 11) is 0. The lowest BCUT2D eigenvalue weighted by molar-refractivity contribution is 0.679. The quantitative estimate of drug-likeness (QED) is 0.749. The first-order valence-electron chi connectivity index (χ1n) is 4.14. The third kappa shape index (κ3) is 2.79. The van der Waals surface area contributed by atoms with Crippen molar-refractivity contribution in [2.45, 2.75) is 26.3 Å². The Morgan fingerprint density at radius 3 is 3.00 bits per heavy atom. The Bertz CT molecular complexity index is 234. The molecule has 1 aromatic rings. The van der Waals surface area contributed by atoms with E-state index >= 15 is 0 Å². The lowest BCUT2D eigenvalue weighted by Gasteiger charge is -2.08. The van der Waals surface area contributed by atoms with Gasteiger partial charge in [-0.05, 0) is 13.3 Å². The van der Waals surface area contributed by atoms with Crippen molar-refractivity contribution in [3.63, 3.8) is 0 Å². The molecule has 1 atom stereocenters. The molecule has 0 spiro atoms. The second kappa shape index (κ2) is 4.42. The molecule has 12 heavy (non-hydrogen) atoms. The van der Waals surface area contributed by atoms with Crippen LogP contribution in [0.25, 0.3) is 0 Å². The molecule has 0 amide bonds. The van der Waals surface area contributed by atoms with Gasteiger partial charge in [0.25, 0.3) is 0 Å². The molecule has 1 aromatic heterocycles. The summed E-state index contributed by atoms with van der Waals surface area (Å²) in [5.74, 6) is 0. The van der Waals surface area contributed by atoms with Crippen LogP contribution >= 0.6 is 11.3 Å². The summed E-state index contributed by atoms with van der Waals surface area (Å²) in [5.41, 5.74) is 6.80. The zero-order valence-electron chi connectivity index (χ0n) is 7.50. The molecular formula is C8H15N3S. The van der Waals surface area contributed by atoms with E-state index in [4.69, 9.17) is 5.73 Å².